The number of halogens is 3. The first-order chi connectivity index (χ1) is 8.54. The van der Waals surface area contributed by atoms with E-state index in [2.05, 4.69) is 10.3 Å². The van der Waals surface area contributed by atoms with Crippen LogP contribution in [0.1, 0.15) is 12.5 Å². The van der Waals surface area contributed by atoms with Crippen molar-refractivity contribution in [3.8, 4) is 0 Å². The highest BCUT2D eigenvalue weighted by Gasteiger charge is 2.04. The average Bonchev–Trinajstić information content (AvgIpc) is 2.37. The van der Waals surface area contributed by atoms with E-state index in [1.54, 1.807) is 0 Å². The molecule has 96 valence electrons. The van der Waals surface area contributed by atoms with E-state index < -0.39 is 23.4 Å². The number of hydrogen-bond donors (Lipinski definition) is 1. The molecule has 0 saturated heterocycles. The standard InChI is InChI=1S/C12H11F3N2O/c1-2-9(13)12(18)17-7-16-6-8-3-4-10(14)11(15)5-8/h2-5,7H,6H2,1H3,(H,16,17,18)/b9-2+. The van der Waals surface area contributed by atoms with Crippen LogP contribution in [0.15, 0.2) is 35.1 Å². The molecule has 0 bridgehead atoms. The minimum atomic E-state index is -0.966. The third-order valence-corrected chi connectivity index (χ3v) is 2.02. The Morgan fingerprint density at radius 2 is 2.11 bits per heavy atom. The third-order valence-electron chi connectivity index (χ3n) is 2.02. The van der Waals surface area contributed by atoms with Gasteiger partial charge in [0.15, 0.2) is 17.5 Å². The number of carbonyl (C=O) groups is 1. The maximum atomic E-state index is 12.8. The van der Waals surface area contributed by atoms with Gasteiger partial charge in [0.1, 0.15) is 0 Å². The van der Waals surface area contributed by atoms with Crippen molar-refractivity contribution in [2.24, 2.45) is 4.99 Å². The number of rotatable bonds is 4. The molecule has 0 aliphatic heterocycles. The van der Waals surface area contributed by atoms with Crippen LogP contribution in [0, 0.1) is 11.6 Å². The summed E-state index contributed by atoms with van der Waals surface area (Å²) in [6.07, 6.45) is 2.02. The van der Waals surface area contributed by atoms with Crippen LogP contribution in [0.3, 0.4) is 0 Å². The second-order valence-corrected chi connectivity index (χ2v) is 3.33. The summed E-state index contributed by atoms with van der Waals surface area (Å²) in [4.78, 5) is 14.7. The minimum absolute atomic E-state index is 0.0505. The first-order valence-corrected chi connectivity index (χ1v) is 5.09. The summed E-state index contributed by atoms with van der Waals surface area (Å²) >= 11 is 0. The number of carbonyl (C=O) groups excluding carboxylic acids is 1. The second kappa shape index (κ2) is 6.58. The monoisotopic (exact) mass is 256 g/mol. The van der Waals surface area contributed by atoms with Gasteiger partial charge in [-0.2, -0.15) is 0 Å². The fraction of sp³-hybridized carbons (Fsp3) is 0.167. The number of nitrogens with one attached hydrogen (secondary N) is 1. The van der Waals surface area contributed by atoms with Gasteiger partial charge in [0.2, 0.25) is 0 Å². The Hall–Kier alpha value is -2.11. The quantitative estimate of drug-likeness (QED) is 0.502. The van der Waals surface area contributed by atoms with Gasteiger partial charge in [-0.15, -0.1) is 0 Å². The summed E-state index contributed by atoms with van der Waals surface area (Å²) in [5.41, 5.74) is 0.436. The van der Waals surface area contributed by atoms with Crippen molar-refractivity contribution in [2.75, 3.05) is 0 Å². The number of allylic oxidation sites excluding steroid dienone is 1. The smallest absolute Gasteiger partial charge is 0.284 e. The zero-order valence-electron chi connectivity index (χ0n) is 9.58. The summed E-state index contributed by atoms with van der Waals surface area (Å²) in [7, 11) is 0. The zero-order valence-corrected chi connectivity index (χ0v) is 9.58. The molecule has 0 aliphatic rings. The Morgan fingerprint density at radius 1 is 1.39 bits per heavy atom. The molecule has 1 aromatic rings. The predicted octanol–water partition coefficient (Wildman–Crippen LogP) is 2.48. The SMILES string of the molecule is C/C=C(/F)C(=O)NC=NCc1ccc(F)c(F)c1. The highest BCUT2D eigenvalue weighted by atomic mass is 19.2. The van der Waals surface area contributed by atoms with Crippen LogP contribution in [0.2, 0.25) is 0 Å². The molecule has 0 saturated carbocycles. The molecular weight excluding hydrogens is 245 g/mol. The highest BCUT2D eigenvalue weighted by molar-refractivity contribution is 5.98. The summed E-state index contributed by atoms with van der Waals surface area (Å²) in [6.45, 7) is 1.43. The fourth-order valence-corrected chi connectivity index (χ4v) is 1.09. The molecule has 0 aliphatic carbocycles. The first kappa shape index (κ1) is 14.0. The van der Waals surface area contributed by atoms with Gasteiger partial charge in [0.25, 0.3) is 5.91 Å². The summed E-state index contributed by atoms with van der Waals surface area (Å²) in [5.74, 6) is -3.74. The number of benzene rings is 1. The van der Waals surface area contributed by atoms with E-state index in [4.69, 9.17) is 0 Å². The Balaban J connectivity index is 2.50. The van der Waals surface area contributed by atoms with E-state index in [1.807, 2.05) is 0 Å². The number of hydrogen-bond acceptors (Lipinski definition) is 2. The molecule has 18 heavy (non-hydrogen) atoms. The van der Waals surface area contributed by atoms with Crippen LogP contribution >= 0.6 is 0 Å². The third kappa shape index (κ3) is 4.04. The van der Waals surface area contributed by atoms with E-state index in [-0.39, 0.29) is 6.54 Å². The predicted molar refractivity (Wildman–Crippen MR) is 61.6 cm³/mol. The molecule has 1 rings (SSSR count). The van der Waals surface area contributed by atoms with E-state index in [0.29, 0.717) is 5.56 Å². The van der Waals surface area contributed by atoms with Crippen molar-refractivity contribution in [3.63, 3.8) is 0 Å². The number of aliphatic imine (C=N–C) groups is 1. The molecule has 3 nitrogen and oxygen atoms in total. The summed E-state index contributed by atoms with van der Waals surface area (Å²) in [6, 6.07) is 3.35. The van der Waals surface area contributed by atoms with E-state index in [1.165, 1.54) is 13.0 Å². The Kier molecular flexibility index (Phi) is 5.10. The van der Waals surface area contributed by atoms with Gasteiger partial charge < -0.3 is 5.32 Å². The van der Waals surface area contributed by atoms with Gasteiger partial charge in [-0.25, -0.2) is 13.2 Å². The van der Waals surface area contributed by atoms with Gasteiger partial charge in [-0.1, -0.05) is 6.07 Å². The molecule has 0 unspecified atom stereocenters. The number of nitrogens with zero attached hydrogens (tertiary/aromatic N) is 1. The van der Waals surface area contributed by atoms with Crippen LogP contribution in [-0.2, 0) is 11.3 Å². The molecule has 0 heterocycles. The summed E-state index contributed by atoms with van der Waals surface area (Å²) < 4.78 is 38.1. The molecule has 6 heteroatoms. The lowest BCUT2D eigenvalue weighted by Crippen LogP contribution is -2.21. The minimum Gasteiger partial charge on any atom is -0.311 e. The van der Waals surface area contributed by atoms with Gasteiger partial charge in [-0.3, -0.25) is 9.79 Å². The number of amides is 1. The molecule has 0 spiro atoms. The molecule has 1 amide bonds. The average molecular weight is 256 g/mol. The van der Waals surface area contributed by atoms with Crippen LogP contribution in [0.4, 0.5) is 13.2 Å². The normalized spacial score (nSPS) is 11.9. The molecule has 0 radical (unpaired) electrons. The molecule has 0 fully saturated rings. The Bertz CT molecular complexity index is 498. The molecule has 0 atom stereocenters. The van der Waals surface area contributed by atoms with Crippen molar-refractivity contribution in [2.45, 2.75) is 13.5 Å². The molecule has 0 aromatic heterocycles. The lowest BCUT2D eigenvalue weighted by atomic mass is 10.2. The summed E-state index contributed by atoms with van der Waals surface area (Å²) in [5, 5.41) is 2.09. The van der Waals surface area contributed by atoms with Crippen molar-refractivity contribution >= 4 is 12.2 Å². The van der Waals surface area contributed by atoms with Gasteiger partial charge in [0.05, 0.1) is 12.9 Å². The van der Waals surface area contributed by atoms with Crippen molar-refractivity contribution in [3.05, 3.63) is 47.3 Å². The topological polar surface area (TPSA) is 41.5 Å². The lowest BCUT2D eigenvalue weighted by Gasteiger charge is -1.98. The molecule has 1 N–H and O–H groups in total. The van der Waals surface area contributed by atoms with Crippen LogP contribution in [0.5, 0.6) is 0 Å². The van der Waals surface area contributed by atoms with Gasteiger partial charge >= 0.3 is 0 Å². The van der Waals surface area contributed by atoms with Crippen LogP contribution in [-0.4, -0.2) is 12.2 Å². The first-order valence-electron chi connectivity index (χ1n) is 5.09. The fourth-order valence-electron chi connectivity index (χ4n) is 1.09. The Labute approximate surface area is 102 Å². The Morgan fingerprint density at radius 3 is 2.72 bits per heavy atom. The van der Waals surface area contributed by atoms with Gasteiger partial charge in [-0.05, 0) is 30.7 Å². The highest BCUT2D eigenvalue weighted by Crippen LogP contribution is 2.09. The second-order valence-electron chi connectivity index (χ2n) is 3.33. The van der Waals surface area contributed by atoms with Crippen molar-refractivity contribution in [1.82, 2.24) is 5.32 Å². The zero-order chi connectivity index (χ0) is 13.5. The molecule has 1 aromatic carbocycles. The lowest BCUT2D eigenvalue weighted by molar-refractivity contribution is -0.117. The maximum Gasteiger partial charge on any atom is 0.284 e. The maximum absolute atomic E-state index is 12.8. The van der Waals surface area contributed by atoms with Gasteiger partial charge in [0, 0.05) is 0 Å². The van der Waals surface area contributed by atoms with Crippen LogP contribution < -0.4 is 5.32 Å². The largest absolute Gasteiger partial charge is 0.311 e. The van der Waals surface area contributed by atoms with Crippen LogP contribution in [0.25, 0.3) is 0 Å². The van der Waals surface area contributed by atoms with Crippen molar-refractivity contribution < 1.29 is 18.0 Å². The van der Waals surface area contributed by atoms with Crippen molar-refractivity contribution in [1.29, 1.82) is 0 Å². The van der Waals surface area contributed by atoms with E-state index >= 15 is 0 Å². The van der Waals surface area contributed by atoms with E-state index in [9.17, 15) is 18.0 Å². The van der Waals surface area contributed by atoms with E-state index in [0.717, 1.165) is 24.5 Å². The molecular formula is C12H11F3N2O.